The molecule has 1 rings (SSSR count). The maximum atomic E-state index is 11.3. The highest BCUT2D eigenvalue weighted by Crippen LogP contribution is 2.01. The average Bonchev–Trinajstić information content (AvgIpc) is 2.36. The molecule has 0 aromatic carbocycles. The van der Waals surface area contributed by atoms with Gasteiger partial charge in [0.2, 0.25) is 5.95 Å². The van der Waals surface area contributed by atoms with Gasteiger partial charge in [0.25, 0.3) is 5.56 Å². The van der Waals surface area contributed by atoms with E-state index in [0.717, 1.165) is 12.1 Å². The molecule has 0 spiro atoms. The smallest absolute Gasteiger partial charge is 0.274 e. The van der Waals surface area contributed by atoms with E-state index >= 15 is 0 Å². The lowest BCUT2D eigenvalue weighted by molar-refractivity contribution is 0.723. The van der Waals surface area contributed by atoms with Crippen molar-refractivity contribution in [3.05, 3.63) is 27.8 Å². The summed E-state index contributed by atoms with van der Waals surface area (Å²) in [5.41, 5.74) is 6.88. The molecule has 1 aromatic heterocycles. The van der Waals surface area contributed by atoms with Crippen molar-refractivity contribution in [1.29, 1.82) is 0 Å². The first-order valence-corrected chi connectivity index (χ1v) is 6.26. The van der Waals surface area contributed by atoms with Gasteiger partial charge in [-0.05, 0) is 26.7 Å². The summed E-state index contributed by atoms with van der Waals surface area (Å²) in [5, 5.41) is 7.54. The molecule has 0 aliphatic heterocycles. The number of hydrogen-bond acceptors (Lipinski definition) is 5. The first-order chi connectivity index (χ1) is 8.63. The lowest BCUT2D eigenvalue weighted by Crippen LogP contribution is -2.25. The largest absolute Gasteiger partial charge is 0.303 e. The lowest BCUT2D eigenvalue weighted by Gasteiger charge is -2.08. The van der Waals surface area contributed by atoms with Crippen molar-refractivity contribution in [2.45, 2.75) is 46.5 Å². The quantitative estimate of drug-likeness (QED) is 0.509. The summed E-state index contributed by atoms with van der Waals surface area (Å²) < 4.78 is 0. The molecule has 0 aliphatic rings. The number of hydrogen-bond donors (Lipinski definition) is 3. The number of rotatable bonds is 7. The molecule has 0 amide bonds. The molecule has 6 heteroatoms. The lowest BCUT2D eigenvalue weighted by atomic mass is 10.2. The van der Waals surface area contributed by atoms with E-state index in [1.165, 1.54) is 19.3 Å². The van der Waals surface area contributed by atoms with Gasteiger partial charge >= 0.3 is 0 Å². The Balaban J connectivity index is 2.39. The molecule has 0 aliphatic carbocycles. The van der Waals surface area contributed by atoms with Crippen LogP contribution in [0.5, 0.6) is 0 Å². The number of aromatic amines is 1. The van der Waals surface area contributed by atoms with Crippen molar-refractivity contribution < 1.29 is 0 Å². The fourth-order valence-corrected chi connectivity index (χ4v) is 1.37. The van der Waals surface area contributed by atoms with Crippen LogP contribution in [-0.2, 0) is 0 Å². The highest BCUT2D eigenvalue weighted by molar-refractivity contribution is 5.21. The van der Waals surface area contributed by atoms with Gasteiger partial charge in [-0.1, -0.05) is 25.8 Å². The third-order valence-corrected chi connectivity index (χ3v) is 2.50. The van der Waals surface area contributed by atoms with E-state index < -0.39 is 0 Å². The van der Waals surface area contributed by atoms with Gasteiger partial charge in [-0.25, -0.2) is 0 Å². The Morgan fingerprint density at radius 1 is 1.39 bits per heavy atom. The molecule has 1 heterocycles. The fraction of sp³-hybridized carbons (Fsp3) is 0.583. The summed E-state index contributed by atoms with van der Waals surface area (Å²) in [6.45, 7) is 5.75. The zero-order valence-electron chi connectivity index (χ0n) is 11.2. The molecular formula is C12H21N5O. The van der Waals surface area contributed by atoms with E-state index in [4.69, 9.17) is 0 Å². The number of nitrogens with zero attached hydrogens (tertiary/aromatic N) is 2. The monoisotopic (exact) mass is 251 g/mol. The van der Waals surface area contributed by atoms with Crippen molar-refractivity contribution in [2.75, 3.05) is 5.43 Å². The van der Waals surface area contributed by atoms with Gasteiger partial charge in [0.05, 0.1) is 0 Å². The van der Waals surface area contributed by atoms with Gasteiger partial charge in [0, 0.05) is 5.70 Å². The molecule has 100 valence electrons. The molecule has 0 atom stereocenters. The molecule has 0 saturated heterocycles. The average molecular weight is 251 g/mol. The number of allylic oxidation sites excluding steroid dienone is 2. The van der Waals surface area contributed by atoms with Crippen molar-refractivity contribution in [3.8, 4) is 0 Å². The minimum atomic E-state index is -0.237. The van der Waals surface area contributed by atoms with Crippen LogP contribution in [0.25, 0.3) is 0 Å². The van der Waals surface area contributed by atoms with Gasteiger partial charge in [0.1, 0.15) is 5.69 Å². The second-order valence-corrected chi connectivity index (χ2v) is 4.22. The molecule has 0 fully saturated rings. The van der Waals surface area contributed by atoms with E-state index in [2.05, 4.69) is 39.0 Å². The SMILES string of the molecule is CCCCCC=C(C)NNc1nnc(C)c(=O)[nH]1. The van der Waals surface area contributed by atoms with Crippen LogP contribution in [-0.4, -0.2) is 15.2 Å². The molecule has 3 N–H and O–H groups in total. The summed E-state index contributed by atoms with van der Waals surface area (Å²) in [5.74, 6) is 0.312. The number of unbranched alkanes of at least 4 members (excludes halogenated alkanes) is 3. The topological polar surface area (TPSA) is 82.7 Å². The van der Waals surface area contributed by atoms with Gasteiger partial charge in [-0.15, -0.1) is 10.2 Å². The second kappa shape index (κ2) is 7.47. The van der Waals surface area contributed by atoms with Crippen molar-refractivity contribution in [3.63, 3.8) is 0 Å². The van der Waals surface area contributed by atoms with Gasteiger partial charge < -0.3 is 5.43 Å². The molecule has 0 unspecified atom stereocenters. The van der Waals surface area contributed by atoms with Crippen LogP contribution in [0.15, 0.2) is 16.6 Å². The van der Waals surface area contributed by atoms with Crippen LogP contribution in [0.3, 0.4) is 0 Å². The second-order valence-electron chi connectivity index (χ2n) is 4.22. The van der Waals surface area contributed by atoms with Gasteiger partial charge in [-0.2, -0.15) is 0 Å². The Labute approximate surface area is 107 Å². The van der Waals surface area contributed by atoms with Gasteiger partial charge in [-0.3, -0.25) is 15.2 Å². The van der Waals surface area contributed by atoms with Crippen LogP contribution in [0, 0.1) is 6.92 Å². The molecule has 6 nitrogen and oxygen atoms in total. The summed E-state index contributed by atoms with van der Waals surface area (Å²) >= 11 is 0. The van der Waals surface area contributed by atoms with Crippen molar-refractivity contribution >= 4 is 5.95 Å². The van der Waals surface area contributed by atoms with E-state index in [1.54, 1.807) is 6.92 Å². The Kier molecular flexibility index (Phi) is 5.90. The Morgan fingerprint density at radius 2 is 2.17 bits per heavy atom. The minimum Gasteiger partial charge on any atom is -0.303 e. The highest BCUT2D eigenvalue weighted by atomic mass is 16.1. The zero-order valence-corrected chi connectivity index (χ0v) is 11.2. The zero-order chi connectivity index (χ0) is 13.4. The molecule has 0 bridgehead atoms. The highest BCUT2D eigenvalue weighted by Gasteiger charge is 1.98. The molecular weight excluding hydrogens is 230 g/mol. The minimum absolute atomic E-state index is 0.237. The number of nitrogens with one attached hydrogen (secondary N) is 3. The van der Waals surface area contributed by atoms with Crippen LogP contribution in [0.1, 0.15) is 45.2 Å². The van der Waals surface area contributed by atoms with Crippen LogP contribution in [0.4, 0.5) is 5.95 Å². The Hall–Kier alpha value is -1.85. The predicted octanol–water partition coefficient (Wildman–Crippen LogP) is 1.87. The number of aryl methyl sites for hydroxylation is 1. The number of hydrazine groups is 1. The van der Waals surface area contributed by atoms with E-state index in [-0.39, 0.29) is 5.56 Å². The van der Waals surface area contributed by atoms with Crippen molar-refractivity contribution in [1.82, 2.24) is 20.6 Å². The standard InChI is InChI=1S/C12H21N5O/c1-4-5-6-7-8-9(2)14-16-12-13-11(18)10(3)15-17-12/h8,14H,4-7H2,1-3H3,(H2,13,16,17,18). The number of H-pyrrole nitrogens is 1. The van der Waals surface area contributed by atoms with E-state index in [9.17, 15) is 4.79 Å². The maximum Gasteiger partial charge on any atom is 0.274 e. The van der Waals surface area contributed by atoms with Crippen LogP contribution >= 0.6 is 0 Å². The van der Waals surface area contributed by atoms with Gasteiger partial charge in [0.15, 0.2) is 0 Å². The Bertz CT molecular complexity index is 452. The van der Waals surface area contributed by atoms with E-state index in [1.807, 2.05) is 6.92 Å². The number of anilines is 1. The Morgan fingerprint density at radius 3 is 2.83 bits per heavy atom. The van der Waals surface area contributed by atoms with E-state index in [0.29, 0.717) is 11.6 Å². The summed E-state index contributed by atoms with van der Waals surface area (Å²) in [7, 11) is 0. The normalized spacial score (nSPS) is 11.4. The van der Waals surface area contributed by atoms with Crippen LogP contribution < -0.4 is 16.4 Å². The molecule has 0 saturated carbocycles. The first kappa shape index (κ1) is 14.2. The third kappa shape index (κ3) is 4.99. The first-order valence-electron chi connectivity index (χ1n) is 6.26. The molecule has 18 heavy (non-hydrogen) atoms. The summed E-state index contributed by atoms with van der Waals surface area (Å²) in [4.78, 5) is 13.9. The summed E-state index contributed by atoms with van der Waals surface area (Å²) in [6.07, 6.45) is 6.82. The predicted molar refractivity (Wildman–Crippen MR) is 72.0 cm³/mol. The van der Waals surface area contributed by atoms with Crippen LogP contribution in [0.2, 0.25) is 0 Å². The molecule has 1 aromatic rings. The van der Waals surface area contributed by atoms with Crippen molar-refractivity contribution in [2.24, 2.45) is 0 Å². The maximum absolute atomic E-state index is 11.3. The fourth-order valence-electron chi connectivity index (χ4n) is 1.37. The number of aromatic nitrogens is 3. The molecule has 0 radical (unpaired) electrons. The summed E-state index contributed by atoms with van der Waals surface area (Å²) in [6, 6.07) is 0. The third-order valence-electron chi connectivity index (χ3n) is 2.50.